The minimum atomic E-state index is 0.0627. The Labute approximate surface area is 147 Å². The van der Waals surface area contributed by atoms with Crippen LogP contribution in [0.2, 0.25) is 0 Å². The molecule has 0 heterocycles. The molecule has 0 aromatic heterocycles. The zero-order chi connectivity index (χ0) is 17.5. The lowest BCUT2D eigenvalue weighted by atomic mass is 10.1. The molecule has 0 aliphatic carbocycles. The molecule has 24 heavy (non-hydrogen) atoms. The van der Waals surface area contributed by atoms with Crippen LogP contribution in [-0.4, -0.2) is 17.6 Å². The van der Waals surface area contributed by atoms with Crippen LogP contribution in [0.25, 0.3) is 0 Å². The van der Waals surface area contributed by atoms with Crippen LogP contribution in [0.3, 0.4) is 0 Å². The van der Waals surface area contributed by atoms with Gasteiger partial charge in [0.05, 0.1) is 6.42 Å². The number of carbonyl (C=O) groups is 1. The normalized spacial score (nSPS) is 10.7. The second-order valence-electron chi connectivity index (χ2n) is 6.73. The van der Waals surface area contributed by atoms with E-state index in [1.165, 1.54) is 64.2 Å². The molecule has 0 saturated carbocycles. The van der Waals surface area contributed by atoms with E-state index in [4.69, 9.17) is 0 Å². The highest BCUT2D eigenvalue weighted by molar-refractivity contribution is 5.78. The van der Waals surface area contributed by atoms with Crippen molar-refractivity contribution >= 4 is 5.91 Å². The van der Waals surface area contributed by atoms with Crippen LogP contribution in [0.5, 0.6) is 5.75 Å². The van der Waals surface area contributed by atoms with Crippen LogP contribution >= 0.6 is 0 Å². The van der Waals surface area contributed by atoms with E-state index in [-0.39, 0.29) is 11.7 Å². The van der Waals surface area contributed by atoms with Crippen molar-refractivity contribution in [2.45, 2.75) is 84.0 Å². The Kier molecular flexibility index (Phi) is 11.9. The monoisotopic (exact) mass is 333 g/mol. The quantitative estimate of drug-likeness (QED) is 0.450. The molecule has 0 unspecified atom stereocenters. The van der Waals surface area contributed by atoms with E-state index >= 15 is 0 Å². The van der Waals surface area contributed by atoms with Crippen molar-refractivity contribution in [2.24, 2.45) is 0 Å². The number of benzene rings is 1. The number of carbonyl (C=O) groups excluding carboxylic acids is 1. The number of phenolic OH excluding ortho intramolecular Hbond substituents is 1. The van der Waals surface area contributed by atoms with Gasteiger partial charge in [0, 0.05) is 6.54 Å². The Hall–Kier alpha value is -1.51. The van der Waals surface area contributed by atoms with Crippen LogP contribution in [0.15, 0.2) is 24.3 Å². The van der Waals surface area contributed by atoms with Gasteiger partial charge < -0.3 is 10.4 Å². The first-order valence-corrected chi connectivity index (χ1v) is 9.77. The molecule has 3 heteroatoms. The summed E-state index contributed by atoms with van der Waals surface area (Å²) in [4.78, 5) is 11.8. The average molecular weight is 334 g/mol. The fourth-order valence-electron chi connectivity index (χ4n) is 2.88. The van der Waals surface area contributed by atoms with Gasteiger partial charge in [-0.15, -0.1) is 0 Å². The summed E-state index contributed by atoms with van der Waals surface area (Å²) in [6.45, 7) is 3.03. The van der Waals surface area contributed by atoms with Gasteiger partial charge in [-0.2, -0.15) is 0 Å². The van der Waals surface area contributed by atoms with Crippen LogP contribution < -0.4 is 5.32 Å². The molecular formula is C21H35NO2. The van der Waals surface area contributed by atoms with Gasteiger partial charge in [-0.05, 0) is 24.1 Å². The van der Waals surface area contributed by atoms with E-state index in [0.717, 1.165) is 18.5 Å². The average Bonchev–Trinajstić information content (AvgIpc) is 2.58. The van der Waals surface area contributed by atoms with Gasteiger partial charge in [0.2, 0.25) is 5.91 Å². The van der Waals surface area contributed by atoms with Gasteiger partial charge in [-0.1, -0.05) is 83.3 Å². The van der Waals surface area contributed by atoms with Crippen molar-refractivity contribution in [3.05, 3.63) is 29.8 Å². The maximum atomic E-state index is 11.8. The van der Waals surface area contributed by atoms with Gasteiger partial charge in [-0.3, -0.25) is 4.79 Å². The molecule has 0 radical (unpaired) electrons. The molecule has 0 fully saturated rings. The van der Waals surface area contributed by atoms with E-state index in [1.807, 2.05) is 0 Å². The summed E-state index contributed by atoms with van der Waals surface area (Å²) in [5.41, 5.74) is 0.934. The molecule has 0 bridgehead atoms. The summed E-state index contributed by atoms with van der Waals surface area (Å²) in [5, 5.41) is 12.2. The lowest BCUT2D eigenvalue weighted by Gasteiger charge is -2.06. The van der Waals surface area contributed by atoms with E-state index in [1.54, 1.807) is 24.3 Å². The largest absolute Gasteiger partial charge is 0.508 e. The summed E-state index contributed by atoms with van der Waals surface area (Å²) in [5.74, 6) is 0.299. The first kappa shape index (κ1) is 20.5. The summed E-state index contributed by atoms with van der Waals surface area (Å²) in [6, 6.07) is 6.81. The fraction of sp³-hybridized carbons (Fsp3) is 0.667. The number of nitrogens with one attached hydrogen (secondary N) is 1. The standard InChI is InChI=1S/C21H35NO2/c1-2-3-4-5-6-7-8-9-10-11-12-17-22-21(24)18-19-13-15-20(23)16-14-19/h13-16,23H,2-12,17-18H2,1H3,(H,22,24). The summed E-state index contributed by atoms with van der Waals surface area (Å²) < 4.78 is 0. The minimum Gasteiger partial charge on any atom is -0.508 e. The number of rotatable bonds is 14. The Morgan fingerprint density at radius 2 is 1.33 bits per heavy atom. The third-order valence-corrected chi connectivity index (χ3v) is 4.40. The zero-order valence-electron chi connectivity index (χ0n) is 15.4. The van der Waals surface area contributed by atoms with Crippen LogP contribution in [0.4, 0.5) is 0 Å². The number of hydrogen-bond acceptors (Lipinski definition) is 2. The van der Waals surface area contributed by atoms with Crippen molar-refractivity contribution in [3.8, 4) is 5.75 Å². The number of hydrogen-bond donors (Lipinski definition) is 2. The van der Waals surface area contributed by atoms with E-state index < -0.39 is 0 Å². The Morgan fingerprint density at radius 1 is 0.833 bits per heavy atom. The first-order valence-electron chi connectivity index (χ1n) is 9.77. The third-order valence-electron chi connectivity index (χ3n) is 4.40. The molecule has 0 saturated heterocycles. The van der Waals surface area contributed by atoms with Crippen LogP contribution in [0.1, 0.15) is 83.1 Å². The number of amides is 1. The lowest BCUT2D eigenvalue weighted by Crippen LogP contribution is -2.26. The molecule has 136 valence electrons. The summed E-state index contributed by atoms with van der Waals surface area (Å²) in [6.07, 6.45) is 14.9. The minimum absolute atomic E-state index is 0.0627. The molecule has 0 aliphatic rings. The molecule has 1 amide bonds. The molecule has 1 aromatic rings. The maximum absolute atomic E-state index is 11.8. The van der Waals surface area contributed by atoms with Crippen LogP contribution in [0, 0.1) is 0 Å². The van der Waals surface area contributed by atoms with Gasteiger partial charge in [0.25, 0.3) is 0 Å². The molecule has 1 aromatic carbocycles. The molecule has 0 spiro atoms. The van der Waals surface area contributed by atoms with Crippen molar-refractivity contribution in [3.63, 3.8) is 0 Å². The van der Waals surface area contributed by atoms with Crippen molar-refractivity contribution < 1.29 is 9.90 Å². The predicted octanol–water partition coefficient (Wildman–Crippen LogP) is 5.36. The molecular weight excluding hydrogens is 298 g/mol. The highest BCUT2D eigenvalue weighted by Gasteiger charge is 2.02. The smallest absolute Gasteiger partial charge is 0.224 e. The van der Waals surface area contributed by atoms with Gasteiger partial charge in [0.1, 0.15) is 5.75 Å². The third kappa shape index (κ3) is 11.1. The van der Waals surface area contributed by atoms with E-state index in [9.17, 15) is 9.90 Å². The van der Waals surface area contributed by atoms with Gasteiger partial charge in [-0.25, -0.2) is 0 Å². The second kappa shape index (κ2) is 13.9. The lowest BCUT2D eigenvalue weighted by molar-refractivity contribution is -0.120. The number of phenols is 1. The maximum Gasteiger partial charge on any atom is 0.224 e. The Balaban J connectivity index is 1.87. The Bertz CT molecular complexity index is 428. The summed E-state index contributed by atoms with van der Waals surface area (Å²) in [7, 11) is 0. The van der Waals surface area contributed by atoms with Crippen molar-refractivity contribution in [1.82, 2.24) is 5.32 Å². The van der Waals surface area contributed by atoms with E-state index in [2.05, 4.69) is 12.2 Å². The van der Waals surface area contributed by atoms with Crippen molar-refractivity contribution in [1.29, 1.82) is 0 Å². The molecule has 1 rings (SSSR count). The SMILES string of the molecule is CCCCCCCCCCCCCNC(=O)Cc1ccc(O)cc1. The summed E-state index contributed by atoms with van der Waals surface area (Å²) >= 11 is 0. The fourth-order valence-corrected chi connectivity index (χ4v) is 2.88. The Morgan fingerprint density at radius 3 is 1.88 bits per heavy atom. The molecule has 0 aliphatic heterocycles. The first-order chi connectivity index (χ1) is 11.7. The molecule has 2 N–H and O–H groups in total. The number of unbranched alkanes of at least 4 members (excludes halogenated alkanes) is 10. The topological polar surface area (TPSA) is 49.3 Å². The highest BCUT2D eigenvalue weighted by atomic mass is 16.3. The zero-order valence-corrected chi connectivity index (χ0v) is 15.4. The highest BCUT2D eigenvalue weighted by Crippen LogP contribution is 2.11. The van der Waals surface area contributed by atoms with E-state index in [0.29, 0.717) is 6.42 Å². The number of aromatic hydroxyl groups is 1. The predicted molar refractivity (Wildman–Crippen MR) is 101 cm³/mol. The molecule has 3 nitrogen and oxygen atoms in total. The second-order valence-corrected chi connectivity index (χ2v) is 6.73. The van der Waals surface area contributed by atoms with Crippen LogP contribution in [-0.2, 0) is 11.2 Å². The molecule has 0 atom stereocenters. The van der Waals surface area contributed by atoms with Crippen molar-refractivity contribution in [2.75, 3.05) is 6.54 Å². The van der Waals surface area contributed by atoms with Gasteiger partial charge >= 0.3 is 0 Å². The van der Waals surface area contributed by atoms with Gasteiger partial charge in [0.15, 0.2) is 0 Å².